The maximum Gasteiger partial charge on any atom is 0.326 e. The number of urea groups is 1. The first-order valence-electron chi connectivity index (χ1n) is 5.95. The zero-order chi connectivity index (χ0) is 16.0. The van der Waals surface area contributed by atoms with Crippen LogP contribution in [0.15, 0.2) is 6.33 Å². The molecule has 0 radical (unpaired) electrons. The van der Waals surface area contributed by atoms with Gasteiger partial charge in [-0.3, -0.25) is 5.10 Å². The third kappa shape index (κ3) is 6.21. The average molecular weight is 319 g/mol. The number of aliphatic carboxylic acids is 1. The standard InChI is InChI=1S/C10H17N5O5S/c1-15(5-8-11-6-12-14-8)10(18)13-7(9(16)17)3-4-21(2,19)20/h6-7H,3-5H2,1-2H3,(H,13,18)(H,16,17)(H,11,12,14). The van der Waals surface area contributed by atoms with Gasteiger partial charge in [0, 0.05) is 13.3 Å². The van der Waals surface area contributed by atoms with Crippen molar-refractivity contribution in [2.75, 3.05) is 19.1 Å². The Hall–Kier alpha value is -2.17. The molecule has 0 saturated carbocycles. The third-order valence-electron chi connectivity index (χ3n) is 2.57. The van der Waals surface area contributed by atoms with Gasteiger partial charge in [-0.15, -0.1) is 0 Å². The second kappa shape index (κ2) is 7.02. The number of sulfone groups is 1. The van der Waals surface area contributed by atoms with Crippen molar-refractivity contribution in [2.45, 2.75) is 19.0 Å². The molecule has 0 spiro atoms. The van der Waals surface area contributed by atoms with Gasteiger partial charge in [0.05, 0.1) is 12.3 Å². The smallest absolute Gasteiger partial charge is 0.326 e. The Morgan fingerprint density at radius 2 is 2.19 bits per heavy atom. The van der Waals surface area contributed by atoms with Crippen molar-refractivity contribution in [1.82, 2.24) is 25.4 Å². The quantitative estimate of drug-likeness (QED) is 0.574. The van der Waals surface area contributed by atoms with Crippen LogP contribution in [0.3, 0.4) is 0 Å². The van der Waals surface area contributed by atoms with Gasteiger partial charge in [0.2, 0.25) is 0 Å². The molecule has 0 aliphatic heterocycles. The van der Waals surface area contributed by atoms with Gasteiger partial charge in [0.25, 0.3) is 0 Å². The lowest BCUT2D eigenvalue weighted by molar-refractivity contribution is -0.139. The number of nitrogens with zero attached hydrogens (tertiary/aromatic N) is 3. The van der Waals surface area contributed by atoms with Crippen LogP contribution in [-0.4, -0.2) is 70.7 Å². The van der Waals surface area contributed by atoms with Crippen LogP contribution in [-0.2, 0) is 21.2 Å². The summed E-state index contributed by atoms with van der Waals surface area (Å²) in [6.45, 7) is 0.115. The molecule has 1 rings (SSSR count). The molecule has 2 amide bonds. The zero-order valence-corrected chi connectivity index (χ0v) is 12.4. The first kappa shape index (κ1) is 16.9. The van der Waals surface area contributed by atoms with Crippen molar-refractivity contribution >= 4 is 21.8 Å². The predicted octanol–water partition coefficient (Wildman–Crippen LogP) is -1.17. The van der Waals surface area contributed by atoms with Gasteiger partial charge in [-0.1, -0.05) is 0 Å². The molecule has 0 aliphatic carbocycles. The molecule has 21 heavy (non-hydrogen) atoms. The van der Waals surface area contributed by atoms with E-state index in [4.69, 9.17) is 5.11 Å². The largest absolute Gasteiger partial charge is 0.480 e. The summed E-state index contributed by atoms with van der Waals surface area (Å²) >= 11 is 0. The maximum atomic E-state index is 11.8. The number of hydrogen-bond donors (Lipinski definition) is 3. The molecule has 0 saturated heterocycles. The number of rotatable bonds is 7. The van der Waals surface area contributed by atoms with Crippen LogP contribution >= 0.6 is 0 Å². The topological polar surface area (TPSA) is 145 Å². The van der Waals surface area contributed by atoms with Gasteiger partial charge in [0.1, 0.15) is 28.0 Å². The molecule has 1 aromatic heterocycles. The van der Waals surface area contributed by atoms with E-state index in [-0.39, 0.29) is 18.7 Å². The molecule has 0 bridgehead atoms. The van der Waals surface area contributed by atoms with E-state index in [1.165, 1.54) is 18.3 Å². The highest BCUT2D eigenvalue weighted by Crippen LogP contribution is 2.00. The Morgan fingerprint density at radius 3 is 2.67 bits per heavy atom. The number of carbonyl (C=O) groups is 2. The Labute approximate surface area is 121 Å². The highest BCUT2D eigenvalue weighted by atomic mass is 32.2. The number of H-pyrrole nitrogens is 1. The fourth-order valence-electron chi connectivity index (χ4n) is 1.45. The minimum atomic E-state index is -3.30. The fourth-order valence-corrected chi connectivity index (χ4v) is 2.12. The molecule has 3 N–H and O–H groups in total. The third-order valence-corrected chi connectivity index (χ3v) is 3.55. The highest BCUT2D eigenvalue weighted by Gasteiger charge is 2.23. The molecular formula is C10H17N5O5S. The van der Waals surface area contributed by atoms with Crippen LogP contribution in [0.2, 0.25) is 0 Å². The molecule has 0 fully saturated rings. The molecule has 0 aromatic carbocycles. The fraction of sp³-hybridized carbons (Fsp3) is 0.600. The summed E-state index contributed by atoms with van der Waals surface area (Å²) < 4.78 is 22.1. The number of hydrogen-bond acceptors (Lipinski definition) is 6. The van der Waals surface area contributed by atoms with E-state index in [9.17, 15) is 18.0 Å². The molecular weight excluding hydrogens is 302 g/mol. The van der Waals surface area contributed by atoms with E-state index in [1.54, 1.807) is 0 Å². The Balaban J connectivity index is 2.57. The highest BCUT2D eigenvalue weighted by molar-refractivity contribution is 7.90. The summed E-state index contributed by atoms with van der Waals surface area (Å²) in [6, 6.07) is -1.92. The van der Waals surface area contributed by atoms with Crippen molar-refractivity contribution in [3.63, 3.8) is 0 Å². The predicted molar refractivity (Wildman–Crippen MR) is 72.1 cm³/mol. The molecule has 1 aromatic rings. The Morgan fingerprint density at radius 1 is 1.52 bits per heavy atom. The van der Waals surface area contributed by atoms with E-state index in [0.717, 1.165) is 6.26 Å². The number of carboxylic acids is 1. The first-order chi connectivity index (χ1) is 9.69. The van der Waals surface area contributed by atoms with Crippen LogP contribution < -0.4 is 5.32 Å². The van der Waals surface area contributed by atoms with Crippen LogP contribution in [0.5, 0.6) is 0 Å². The SMILES string of the molecule is CN(Cc1ncn[nH]1)C(=O)NC(CCS(C)(=O)=O)C(=O)O. The van der Waals surface area contributed by atoms with E-state index in [1.807, 2.05) is 0 Å². The van der Waals surface area contributed by atoms with E-state index < -0.39 is 27.9 Å². The van der Waals surface area contributed by atoms with Crippen molar-refractivity contribution in [2.24, 2.45) is 0 Å². The van der Waals surface area contributed by atoms with Crippen LogP contribution in [0.1, 0.15) is 12.2 Å². The lowest BCUT2D eigenvalue weighted by Gasteiger charge is -2.20. The van der Waals surface area contributed by atoms with Crippen molar-refractivity contribution in [1.29, 1.82) is 0 Å². The van der Waals surface area contributed by atoms with Crippen LogP contribution in [0.4, 0.5) is 4.79 Å². The number of aromatic amines is 1. The minimum Gasteiger partial charge on any atom is -0.480 e. The summed E-state index contributed by atoms with van der Waals surface area (Å²) in [7, 11) is -1.85. The summed E-state index contributed by atoms with van der Waals surface area (Å²) in [5.41, 5.74) is 0. The van der Waals surface area contributed by atoms with E-state index in [0.29, 0.717) is 5.82 Å². The van der Waals surface area contributed by atoms with Crippen LogP contribution in [0, 0.1) is 0 Å². The molecule has 1 atom stereocenters. The lowest BCUT2D eigenvalue weighted by atomic mass is 10.2. The number of carbonyl (C=O) groups excluding carboxylic acids is 1. The van der Waals surface area contributed by atoms with Gasteiger partial charge in [-0.05, 0) is 6.42 Å². The minimum absolute atomic E-state index is 0.115. The number of aromatic nitrogens is 3. The molecule has 118 valence electrons. The van der Waals surface area contributed by atoms with Crippen LogP contribution in [0.25, 0.3) is 0 Å². The number of carboxylic acid groups (broad SMARTS) is 1. The van der Waals surface area contributed by atoms with Gasteiger partial charge in [0.15, 0.2) is 0 Å². The van der Waals surface area contributed by atoms with Gasteiger partial charge < -0.3 is 15.3 Å². The molecule has 1 heterocycles. The van der Waals surface area contributed by atoms with Crippen molar-refractivity contribution in [3.05, 3.63) is 12.2 Å². The average Bonchev–Trinajstić information content (AvgIpc) is 2.85. The van der Waals surface area contributed by atoms with E-state index >= 15 is 0 Å². The van der Waals surface area contributed by atoms with Gasteiger partial charge in [-0.25, -0.2) is 23.0 Å². The van der Waals surface area contributed by atoms with E-state index in [2.05, 4.69) is 20.5 Å². The van der Waals surface area contributed by atoms with Gasteiger partial charge >= 0.3 is 12.0 Å². The lowest BCUT2D eigenvalue weighted by Crippen LogP contribution is -2.47. The van der Waals surface area contributed by atoms with Crippen molar-refractivity contribution < 1.29 is 23.1 Å². The molecule has 1 unspecified atom stereocenters. The summed E-state index contributed by atoms with van der Waals surface area (Å²) in [5, 5.41) is 17.5. The summed E-state index contributed by atoms with van der Waals surface area (Å²) in [6.07, 6.45) is 2.09. The normalized spacial score (nSPS) is 12.7. The zero-order valence-electron chi connectivity index (χ0n) is 11.6. The second-order valence-corrected chi connectivity index (χ2v) is 6.81. The Kier molecular flexibility index (Phi) is 5.64. The van der Waals surface area contributed by atoms with Gasteiger partial charge in [-0.2, -0.15) is 5.10 Å². The Bertz CT molecular complexity index is 585. The molecule has 11 heteroatoms. The molecule has 0 aliphatic rings. The molecule has 10 nitrogen and oxygen atoms in total. The second-order valence-electron chi connectivity index (χ2n) is 4.55. The monoisotopic (exact) mass is 319 g/mol. The summed E-state index contributed by atoms with van der Waals surface area (Å²) in [4.78, 5) is 27.9. The number of nitrogens with one attached hydrogen (secondary N) is 2. The maximum absolute atomic E-state index is 11.8. The van der Waals surface area contributed by atoms with Crippen molar-refractivity contribution in [3.8, 4) is 0 Å². The first-order valence-corrected chi connectivity index (χ1v) is 8.01. The number of amides is 2. The summed E-state index contributed by atoms with van der Waals surface area (Å²) in [5.74, 6) is -1.17.